The maximum Gasteiger partial charge on any atom is 0.414 e. The average molecular weight is 299 g/mol. The molecular weight excluding hydrogens is 282 g/mol. The summed E-state index contributed by atoms with van der Waals surface area (Å²) in [6.45, 7) is 1.07. The van der Waals surface area contributed by atoms with Crippen molar-refractivity contribution < 1.29 is 19.8 Å². The molecule has 0 bridgehead atoms. The van der Waals surface area contributed by atoms with Gasteiger partial charge in [0.25, 0.3) is 0 Å². The van der Waals surface area contributed by atoms with Crippen molar-refractivity contribution in [3.8, 4) is 0 Å². The van der Waals surface area contributed by atoms with Crippen LogP contribution in [0.25, 0.3) is 0 Å². The van der Waals surface area contributed by atoms with Crippen LogP contribution in [0.15, 0.2) is 54.6 Å². The van der Waals surface area contributed by atoms with Gasteiger partial charge in [0.05, 0.1) is 6.04 Å². The summed E-state index contributed by atoms with van der Waals surface area (Å²) in [7, 11) is 0. The van der Waals surface area contributed by atoms with Crippen LogP contribution in [0.5, 0.6) is 0 Å². The molecule has 0 aliphatic carbocycles. The number of fused-ring (bicyclic) bond motifs is 1. The Labute approximate surface area is 128 Å². The van der Waals surface area contributed by atoms with Crippen LogP contribution in [-0.4, -0.2) is 28.7 Å². The molecular formula is C17H17NO4. The Bertz CT molecular complexity index is 643. The summed E-state index contributed by atoms with van der Waals surface area (Å²) in [5.41, 5.74) is 4.27. The van der Waals surface area contributed by atoms with E-state index in [1.54, 1.807) is 0 Å². The van der Waals surface area contributed by atoms with Gasteiger partial charge in [0.15, 0.2) is 0 Å². The minimum atomic E-state index is -1.82. The Kier molecular flexibility index (Phi) is 5.27. The zero-order chi connectivity index (χ0) is 15.9. The number of nitrogens with one attached hydrogen (secondary N) is 1. The van der Waals surface area contributed by atoms with Crippen molar-refractivity contribution in [2.24, 2.45) is 0 Å². The molecule has 2 aromatic rings. The van der Waals surface area contributed by atoms with E-state index in [1.165, 1.54) is 16.7 Å². The van der Waals surface area contributed by atoms with Crippen molar-refractivity contribution in [1.82, 2.24) is 5.32 Å². The van der Waals surface area contributed by atoms with Gasteiger partial charge in [0.1, 0.15) is 0 Å². The largest absolute Gasteiger partial charge is 0.473 e. The molecule has 5 heteroatoms. The van der Waals surface area contributed by atoms with Crippen LogP contribution in [0, 0.1) is 0 Å². The molecule has 1 aliphatic rings. The quantitative estimate of drug-likeness (QED) is 0.702. The van der Waals surface area contributed by atoms with Gasteiger partial charge in [-0.3, -0.25) is 0 Å². The molecule has 0 aromatic heterocycles. The molecule has 1 heterocycles. The third-order valence-corrected chi connectivity index (χ3v) is 3.42. The first-order chi connectivity index (χ1) is 10.6. The Balaban J connectivity index is 0.000000254. The number of hydrogen-bond acceptors (Lipinski definition) is 3. The van der Waals surface area contributed by atoms with Crippen molar-refractivity contribution in [3.05, 3.63) is 71.3 Å². The van der Waals surface area contributed by atoms with Crippen molar-refractivity contribution in [1.29, 1.82) is 0 Å². The lowest BCUT2D eigenvalue weighted by Crippen LogP contribution is -2.30. The topological polar surface area (TPSA) is 86.6 Å². The predicted octanol–water partition coefficient (Wildman–Crippen LogP) is 2.08. The minimum absolute atomic E-state index is 0.367. The summed E-state index contributed by atoms with van der Waals surface area (Å²) in [6, 6.07) is 19.8. The van der Waals surface area contributed by atoms with Gasteiger partial charge in [-0.1, -0.05) is 54.6 Å². The fraction of sp³-hybridized carbons (Fsp3) is 0.176. The van der Waals surface area contributed by atoms with Gasteiger partial charge < -0.3 is 15.5 Å². The molecule has 114 valence electrons. The summed E-state index contributed by atoms with van der Waals surface area (Å²) in [5.74, 6) is -3.65. The standard InChI is InChI=1S/C15H15N.C2H2O4/c1-2-7-13(8-3-1)15-14-9-5-4-6-12(14)10-11-16-15;3-1(4)2(5)6/h1-9,15-16H,10-11H2;(H,3,4)(H,5,6)/t15-;/m0./s1. The molecule has 3 rings (SSSR count). The van der Waals surface area contributed by atoms with Gasteiger partial charge in [-0.2, -0.15) is 0 Å². The minimum Gasteiger partial charge on any atom is -0.473 e. The molecule has 3 N–H and O–H groups in total. The smallest absolute Gasteiger partial charge is 0.414 e. The van der Waals surface area contributed by atoms with Crippen LogP contribution in [0.3, 0.4) is 0 Å². The second-order valence-electron chi connectivity index (χ2n) is 4.86. The maximum atomic E-state index is 9.10. The van der Waals surface area contributed by atoms with Gasteiger partial charge in [-0.05, 0) is 23.1 Å². The molecule has 0 saturated heterocycles. The Morgan fingerprint density at radius 3 is 2.14 bits per heavy atom. The van der Waals surface area contributed by atoms with E-state index in [-0.39, 0.29) is 0 Å². The molecule has 0 saturated carbocycles. The van der Waals surface area contributed by atoms with Crippen LogP contribution < -0.4 is 5.32 Å². The zero-order valence-electron chi connectivity index (χ0n) is 11.9. The highest BCUT2D eigenvalue weighted by molar-refractivity contribution is 6.27. The average Bonchev–Trinajstić information content (AvgIpc) is 2.55. The number of carboxylic acid groups (broad SMARTS) is 2. The summed E-state index contributed by atoms with van der Waals surface area (Å²) < 4.78 is 0. The van der Waals surface area contributed by atoms with E-state index in [9.17, 15) is 0 Å². The van der Waals surface area contributed by atoms with Gasteiger partial charge in [0.2, 0.25) is 0 Å². The summed E-state index contributed by atoms with van der Waals surface area (Å²) in [5, 5.41) is 18.4. The van der Waals surface area contributed by atoms with E-state index in [1.807, 2.05) is 0 Å². The van der Waals surface area contributed by atoms with Gasteiger partial charge in [-0.15, -0.1) is 0 Å². The van der Waals surface area contributed by atoms with E-state index in [0.717, 1.165) is 13.0 Å². The monoisotopic (exact) mass is 299 g/mol. The number of carbonyl (C=O) groups is 2. The zero-order valence-corrected chi connectivity index (χ0v) is 11.9. The fourth-order valence-corrected chi connectivity index (χ4v) is 2.45. The van der Waals surface area contributed by atoms with Gasteiger partial charge >= 0.3 is 11.9 Å². The summed E-state index contributed by atoms with van der Waals surface area (Å²) >= 11 is 0. The molecule has 0 spiro atoms. The van der Waals surface area contributed by atoms with E-state index in [0.29, 0.717) is 6.04 Å². The van der Waals surface area contributed by atoms with Crippen LogP contribution in [0.1, 0.15) is 22.7 Å². The van der Waals surface area contributed by atoms with Crippen molar-refractivity contribution >= 4 is 11.9 Å². The molecule has 0 unspecified atom stereocenters. The normalized spacial score (nSPS) is 15.9. The van der Waals surface area contributed by atoms with Gasteiger partial charge in [-0.25, -0.2) is 9.59 Å². The molecule has 22 heavy (non-hydrogen) atoms. The lowest BCUT2D eigenvalue weighted by Gasteiger charge is -2.27. The SMILES string of the molecule is O=C(O)C(=O)O.c1ccc([C@@H]2NCCc3ccccc32)cc1. The molecule has 2 aromatic carbocycles. The lowest BCUT2D eigenvalue weighted by atomic mass is 9.90. The molecule has 5 nitrogen and oxygen atoms in total. The number of aliphatic carboxylic acids is 2. The van der Waals surface area contributed by atoms with Crippen LogP contribution in [0.4, 0.5) is 0 Å². The highest BCUT2D eigenvalue weighted by atomic mass is 16.4. The number of hydrogen-bond donors (Lipinski definition) is 3. The second kappa shape index (κ2) is 7.38. The third kappa shape index (κ3) is 3.93. The predicted molar refractivity (Wildman–Crippen MR) is 81.7 cm³/mol. The van der Waals surface area contributed by atoms with Gasteiger partial charge in [0, 0.05) is 6.54 Å². The fourth-order valence-electron chi connectivity index (χ4n) is 2.45. The third-order valence-electron chi connectivity index (χ3n) is 3.42. The van der Waals surface area contributed by atoms with E-state index in [2.05, 4.69) is 59.9 Å². The van der Waals surface area contributed by atoms with E-state index < -0.39 is 11.9 Å². The van der Waals surface area contributed by atoms with E-state index >= 15 is 0 Å². The molecule has 1 atom stereocenters. The van der Waals surface area contributed by atoms with Crippen LogP contribution in [0.2, 0.25) is 0 Å². The first-order valence-corrected chi connectivity index (χ1v) is 6.92. The lowest BCUT2D eigenvalue weighted by molar-refractivity contribution is -0.159. The molecule has 0 amide bonds. The highest BCUT2D eigenvalue weighted by Crippen LogP contribution is 2.27. The second-order valence-corrected chi connectivity index (χ2v) is 4.86. The maximum absolute atomic E-state index is 9.10. The number of benzene rings is 2. The highest BCUT2D eigenvalue weighted by Gasteiger charge is 2.19. The molecule has 0 radical (unpaired) electrons. The number of rotatable bonds is 1. The summed E-state index contributed by atoms with van der Waals surface area (Å²) in [6.07, 6.45) is 1.14. The van der Waals surface area contributed by atoms with E-state index in [4.69, 9.17) is 19.8 Å². The number of carboxylic acids is 2. The summed E-state index contributed by atoms with van der Waals surface area (Å²) in [4.78, 5) is 18.2. The Hall–Kier alpha value is -2.66. The van der Waals surface area contributed by atoms with Crippen molar-refractivity contribution in [2.75, 3.05) is 6.54 Å². The van der Waals surface area contributed by atoms with Crippen LogP contribution in [-0.2, 0) is 16.0 Å². The first kappa shape index (κ1) is 15.7. The first-order valence-electron chi connectivity index (χ1n) is 6.92. The van der Waals surface area contributed by atoms with Crippen LogP contribution >= 0.6 is 0 Å². The van der Waals surface area contributed by atoms with Crippen molar-refractivity contribution in [2.45, 2.75) is 12.5 Å². The van der Waals surface area contributed by atoms with Crippen molar-refractivity contribution in [3.63, 3.8) is 0 Å². The Morgan fingerprint density at radius 2 is 1.50 bits per heavy atom. The molecule has 0 fully saturated rings. The Morgan fingerprint density at radius 1 is 0.909 bits per heavy atom. The molecule has 1 aliphatic heterocycles.